The van der Waals surface area contributed by atoms with E-state index in [-0.39, 0.29) is 11.8 Å². The highest BCUT2D eigenvalue weighted by atomic mass is 32.2. The molecular formula is C12H21NO4S. The van der Waals surface area contributed by atoms with Gasteiger partial charge in [0.05, 0.1) is 5.60 Å². The Morgan fingerprint density at radius 1 is 1.39 bits per heavy atom. The van der Waals surface area contributed by atoms with Gasteiger partial charge in [-0.15, -0.1) is 0 Å². The summed E-state index contributed by atoms with van der Waals surface area (Å²) in [5.41, 5.74) is -0.625. The molecule has 18 heavy (non-hydrogen) atoms. The van der Waals surface area contributed by atoms with Crippen molar-refractivity contribution in [3.8, 4) is 0 Å². The van der Waals surface area contributed by atoms with Gasteiger partial charge in [-0.25, -0.2) is 8.42 Å². The van der Waals surface area contributed by atoms with Gasteiger partial charge in [0.15, 0.2) is 9.84 Å². The van der Waals surface area contributed by atoms with Gasteiger partial charge in [-0.1, -0.05) is 12.8 Å². The maximum atomic E-state index is 11.9. The molecule has 0 aromatic carbocycles. The summed E-state index contributed by atoms with van der Waals surface area (Å²) < 4.78 is 22.3. The highest BCUT2D eigenvalue weighted by Crippen LogP contribution is 2.39. The van der Waals surface area contributed by atoms with Crippen LogP contribution in [0.4, 0.5) is 0 Å². The molecule has 2 rings (SSSR count). The zero-order valence-electron chi connectivity index (χ0n) is 10.8. The highest BCUT2D eigenvalue weighted by molar-refractivity contribution is 7.91. The Balaban J connectivity index is 2.00. The van der Waals surface area contributed by atoms with Crippen LogP contribution in [0.5, 0.6) is 0 Å². The molecule has 1 aliphatic heterocycles. The van der Waals surface area contributed by atoms with Crippen LogP contribution in [-0.4, -0.2) is 55.0 Å². The van der Waals surface area contributed by atoms with Crippen LogP contribution >= 0.6 is 0 Å². The Hall–Kier alpha value is -0.620. The van der Waals surface area contributed by atoms with Crippen molar-refractivity contribution in [3.05, 3.63) is 0 Å². The molecule has 2 atom stereocenters. The number of aliphatic hydroxyl groups is 1. The van der Waals surface area contributed by atoms with Gasteiger partial charge >= 0.3 is 0 Å². The lowest BCUT2D eigenvalue weighted by atomic mass is 9.71. The number of hydrogen-bond donors (Lipinski definition) is 1. The Labute approximate surface area is 108 Å². The first-order chi connectivity index (χ1) is 8.30. The number of carbonyl (C=O) groups excluding carboxylic acids is 1. The zero-order chi connectivity index (χ0) is 13.4. The monoisotopic (exact) mass is 275 g/mol. The molecule has 1 heterocycles. The minimum absolute atomic E-state index is 0.114. The standard InChI is InChI=1S/C12H21NO4S/c1-18(16,17)9-11(14)13-7-6-12(15)5-3-2-4-10(12)8-13/h10,15H,2-9H2,1H3. The lowest BCUT2D eigenvalue weighted by molar-refractivity contribution is -0.140. The number of hydrogen-bond acceptors (Lipinski definition) is 4. The first-order valence-electron chi connectivity index (χ1n) is 6.48. The van der Waals surface area contributed by atoms with E-state index < -0.39 is 21.2 Å². The largest absolute Gasteiger partial charge is 0.389 e. The van der Waals surface area contributed by atoms with Gasteiger partial charge in [0.25, 0.3) is 0 Å². The van der Waals surface area contributed by atoms with Crippen LogP contribution in [0.1, 0.15) is 32.1 Å². The third-order valence-electron chi connectivity index (χ3n) is 4.17. The number of piperidine rings is 1. The number of rotatable bonds is 2. The number of sulfone groups is 1. The van der Waals surface area contributed by atoms with Crippen molar-refractivity contribution in [3.63, 3.8) is 0 Å². The van der Waals surface area contributed by atoms with Gasteiger partial charge in [-0.2, -0.15) is 0 Å². The van der Waals surface area contributed by atoms with Crippen molar-refractivity contribution in [2.24, 2.45) is 5.92 Å². The van der Waals surface area contributed by atoms with E-state index in [0.29, 0.717) is 19.5 Å². The van der Waals surface area contributed by atoms with Crippen LogP contribution in [0.15, 0.2) is 0 Å². The van der Waals surface area contributed by atoms with E-state index >= 15 is 0 Å². The molecule has 1 saturated heterocycles. The average molecular weight is 275 g/mol. The SMILES string of the molecule is CS(=O)(=O)CC(=O)N1CCC2(O)CCCCC2C1. The van der Waals surface area contributed by atoms with Crippen LogP contribution in [0.25, 0.3) is 0 Å². The summed E-state index contributed by atoms with van der Waals surface area (Å²) in [4.78, 5) is 13.5. The summed E-state index contributed by atoms with van der Waals surface area (Å²) in [6.07, 6.45) is 5.52. The van der Waals surface area contributed by atoms with E-state index in [4.69, 9.17) is 0 Å². The van der Waals surface area contributed by atoms with Gasteiger partial charge in [-0.3, -0.25) is 4.79 Å². The van der Waals surface area contributed by atoms with E-state index in [2.05, 4.69) is 0 Å². The van der Waals surface area contributed by atoms with Crippen LogP contribution in [0, 0.1) is 5.92 Å². The van der Waals surface area contributed by atoms with Crippen LogP contribution in [0.2, 0.25) is 0 Å². The molecule has 0 bridgehead atoms. The molecule has 104 valence electrons. The fourth-order valence-electron chi connectivity index (χ4n) is 3.11. The second-order valence-electron chi connectivity index (χ2n) is 5.71. The minimum atomic E-state index is -3.27. The predicted octanol–water partition coefficient (Wildman–Crippen LogP) is 0.185. The van der Waals surface area contributed by atoms with Crippen molar-refractivity contribution in [2.45, 2.75) is 37.7 Å². The predicted molar refractivity (Wildman–Crippen MR) is 67.8 cm³/mol. The molecule has 2 unspecified atom stereocenters. The molecule has 1 N–H and O–H groups in total. The smallest absolute Gasteiger partial charge is 0.237 e. The topological polar surface area (TPSA) is 74.7 Å². The van der Waals surface area contributed by atoms with Crippen molar-refractivity contribution < 1.29 is 18.3 Å². The second-order valence-corrected chi connectivity index (χ2v) is 7.85. The van der Waals surface area contributed by atoms with E-state index in [9.17, 15) is 18.3 Å². The molecule has 1 saturated carbocycles. The summed E-state index contributed by atoms with van der Waals surface area (Å²) in [6.45, 7) is 0.978. The van der Waals surface area contributed by atoms with Crippen molar-refractivity contribution >= 4 is 15.7 Å². The molecule has 6 heteroatoms. The molecule has 0 radical (unpaired) electrons. The normalized spacial score (nSPS) is 33.0. The summed E-state index contributed by atoms with van der Waals surface area (Å²) in [5, 5.41) is 10.5. The maximum absolute atomic E-state index is 11.9. The average Bonchev–Trinajstić information content (AvgIpc) is 2.25. The number of likely N-dealkylation sites (tertiary alicyclic amines) is 1. The summed E-state index contributed by atoms with van der Waals surface area (Å²) in [7, 11) is -3.27. The Kier molecular flexibility index (Phi) is 3.69. The van der Waals surface area contributed by atoms with Gasteiger partial charge in [0, 0.05) is 25.3 Å². The van der Waals surface area contributed by atoms with Crippen molar-refractivity contribution in [2.75, 3.05) is 25.1 Å². The molecular weight excluding hydrogens is 254 g/mol. The van der Waals surface area contributed by atoms with Gasteiger partial charge in [-0.05, 0) is 19.3 Å². The number of carbonyl (C=O) groups is 1. The van der Waals surface area contributed by atoms with E-state index in [1.807, 2.05) is 0 Å². The van der Waals surface area contributed by atoms with Crippen molar-refractivity contribution in [1.82, 2.24) is 4.90 Å². The molecule has 0 spiro atoms. The van der Waals surface area contributed by atoms with Gasteiger partial charge in [0.1, 0.15) is 5.75 Å². The summed E-state index contributed by atoms with van der Waals surface area (Å²) >= 11 is 0. The van der Waals surface area contributed by atoms with Gasteiger partial charge in [0.2, 0.25) is 5.91 Å². The first-order valence-corrected chi connectivity index (χ1v) is 8.54. The Morgan fingerprint density at radius 2 is 2.11 bits per heavy atom. The second kappa shape index (κ2) is 4.81. The molecule has 0 aromatic rings. The number of nitrogens with zero attached hydrogens (tertiary/aromatic N) is 1. The lowest BCUT2D eigenvalue weighted by Crippen LogP contribution is -2.55. The van der Waals surface area contributed by atoms with Crippen molar-refractivity contribution in [1.29, 1.82) is 0 Å². The van der Waals surface area contributed by atoms with E-state index in [0.717, 1.165) is 31.9 Å². The summed E-state index contributed by atoms with van der Waals surface area (Å²) in [6, 6.07) is 0. The maximum Gasteiger partial charge on any atom is 0.237 e. The fraction of sp³-hybridized carbons (Fsp3) is 0.917. The Morgan fingerprint density at radius 3 is 2.78 bits per heavy atom. The molecule has 2 fully saturated rings. The molecule has 0 aromatic heterocycles. The number of fused-ring (bicyclic) bond motifs is 1. The third kappa shape index (κ3) is 3.03. The number of amides is 1. The Bertz CT molecular complexity index is 433. The zero-order valence-corrected chi connectivity index (χ0v) is 11.6. The summed E-state index contributed by atoms with van der Waals surface area (Å²) in [5.74, 6) is -0.633. The molecule has 5 nitrogen and oxygen atoms in total. The van der Waals surface area contributed by atoms with E-state index in [1.165, 1.54) is 0 Å². The highest BCUT2D eigenvalue weighted by Gasteiger charge is 2.43. The fourth-order valence-corrected chi connectivity index (χ4v) is 3.74. The molecule has 1 aliphatic carbocycles. The molecule has 2 aliphatic rings. The van der Waals surface area contributed by atoms with Crippen LogP contribution in [-0.2, 0) is 14.6 Å². The third-order valence-corrected chi connectivity index (χ3v) is 4.94. The first kappa shape index (κ1) is 13.8. The minimum Gasteiger partial charge on any atom is -0.389 e. The quantitative estimate of drug-likeness (QED) is 0.780. The van der Waals surface area contributed by atoms with Crippen LogP contribution in [0.3, 0.4) is 0 Å². The van der Waals surface area contributed by atoms with Crippen LogP contribution < -0.4 is 0 Å². The molecule has 1 amide bonds. The van der Waals surface area contributed by atoms with E-state index in [1.54, 1.807) is 4.90 Å². The van der Waals surface area contributed by atoms with Gasteiger partial charge < -0.3 is 10.0 Å². The lowest BCUT2D eigenvalue weighted by Gasteiger charge is -2.47.